The summed E-state index contributed by atoms with van der Waals surface area (Å²) < 4.78 is 9.28. The molecular weight excluding hydrogens is 188 g/mol. The third kappa shape index (κ3) is 1.82. The molecule has 0 aliphatic carbocycles. The Morgan fingerprint density at radius 2 is 2.00 bits per heavy atom. The van der Waals surface area contributed by atoms with E-state index in [9.17, 15) is 9.59 Å². The molecular formula is C9H8O5. The summed E-state index contributed by atoms with van der Waals surface area (Å²) >= 11 is 0. The summed E-state index contributed by atoms with van der Waals surface area (Å²) in [5, 5.41) is 8.56. The van der Waals surface area contributed by atoms with E-state index >= 15 is 0 Å². The molecule has 0 fully saturated rings. The maximum Gasteiger partial charge on any atom is 0.373 e. The van der Waals surface area contributed by atoms with E-state index in [0.717, 1.165) is 0 Å². The van der Waals surface area contributed by atoms with Crippen LogP contribution >= 0.6 is 0 Å². The van der Waals surface area contributed by atoms with Gasteiger partial charge in [-0.25, -0.2) is 9.59 Å². The summed E-state index contributed by atoms with van der Waals surface area (Å²) in [4.78, 5) is 21.4. The first-order chi connectivity index (χ1) is 6.56. The van der Waals surface area contributed by atoms with Crippen molar-refractivity contribution < 1.29 is 23.8 Å². The Kier molecular flexibility index (Phi) is 2.71. The zero-order chi connectivity index (χ0) is 10.7. The van der Waals surface area contributed by atoms with Crippen molar-refractivity contribution >= 4 is 17.5 Å². The average molecular weight is 196 g/mol. The fourth-order valence-electron chi connectivity index (χ4n) is 0.816. The van der Waals surface area contributed by atoms with Crippen LogP contribution in [0.15, 0.2) is 23.1 Å². The lowest BCUT2D eigenvalue weighted by Gasteiger charge is -1.95. The molecule has 0 aliphatic rings. The van der Waals surface area contributed by atoms with Gasteiger partial charge in [0.25, 0.3) is 0 Å². The molecule has 1 aromatic rings. The molecule has 14 heavy (non-hydrogen) atoms. The molecule has 0 saturated heterocycles. The van der Waals surface area contributed by atoms with Gasteiger partial charge in [0.2, 0.25) is 5.76 Å². The number of methoxy groups -OCH3 is 1. The lowest BCUT2D eigenvalue weighted by Crippen LogP contribution is -1.99. The monoisotopic (exact) mass is 196 g/mol. The molecule has 1 N–H and O–H groups in total. The van der Waals surface area contributed by atoms with Crippen molar-refractivity contribution in [3.05, 3.63) is 30.2 Å². The van der Waals surface area contributed by atoms with Gasteiger partial charge in [-0.15, -0.1) is 0 Å². The first-order valence-corrected chi connectivity index (χ1v) is 3.67. The lowest BCUT2D eigenvalue weighted by molar-refractivity contribution is -0.130. The molecule has 0 amide bonds. The number of hydrogen-bond acceptors (Lipinski definition) is 4. The smallest absolute Gasteiger partial charge is 0.373 e. The fourth-order valence-corrected chi connectivity index (χ4v) is 0.816. The van der Waals surface area contributed by atoms with Gasteiger partial charge < -0.3 is 14.3 Å². The second-order valence-corrected chi connectivity index (χ2v) is 2.44. The minimum Gasteiger partial charge on any atom is -0.478 e. The van der Waals surface area contributed by atoms with E-state index in [-0.39, 0.29) is 17.1 Å². The van der Waals surface area contributed by atoms with Crippen LogP contribution in [0.1, 0.15) is 16.3 Å². The van der Waals surface area contributed by atoms with Crippen LogP contribution in [0.4, 0.5) is 0 Å². The molecule has 1 rings (SSSR count). The molecule has 0 atom stereocenters. The van der Waals surface area contributed by atoms with Crippen LogP contribution in [0.2, 0.25) is 0 Å². The number of rotatable bonds is 3. The van der Waals surface area contributed by atoms with Crippen LogP contribution in [0.3, 0.4) is 0 Å². The first-order valence-electron chi connectivity index (χ1n) is 3.67. The Morgan fingerprint density at radius 3 is 2.50 bits per heavy atom. The van der Waals surface area contributed by atoms with E-state index in [0.29, 0.717) is 0 Å². The van der Waals surface area contributed by atoms with Gasteiger partial charge in [-0.1, -0.05) is 6.58 Å². The minimum atomic E-state index is -1.20. The third-order valence-electron chi connectivity index (χ3n) is 1.55. The first kappa shape index (κ1) is 10.0. The molecule has 5 nitrogen and oxygen atoms in total. The summed E-state index contributed by atoms with van der Waals surface area (Å²) in [6.07, 6.45) is 0. The number of hydrogen-bond donors (Lipinski definition) is 1. The van der Waals surface area contributed by atoms with Gasteiger partial charge in [-0.05, 0) is 12.1 Å². The molecule has 0 bridgehead atoms. The van der Waals surface area contributed by atoms with Crippen molar-refractivity contribution in [2.75, 3.05) is 7.11 Å². The maximum atomic E-state index is 10.9. The van der Waals surface area contributed by atoms with Crippen molar-refractivity contribution in [3.63, 3.8) is 0 Å². The number of furan rings is 1. The zero-order valence-corrected chi connectivity index (χ0v) is 7.44. The summed E-state index contributed by atoms with van der Waals surface area (Å²) in [6.45, 7) is 3.28. The van der Waals surface area contributed by atoms with Gasteiger partial charge in [-0.2, -0.15) is 0 Å². The Balaban J connectivity index is 2.94. The van der Waals surface area contributed by atoms with E-state index < -0.39 is 11.9 Å². The van der Waals surface area contributed by atoms with Crippen LogP contribution in [0, 0.1) is 0 Å². The predicted molar refractivity (Wildman–Crippen MR) is 46.7 cm³/mol. The van der Waals surface area contributed by atoms with Crippen molar-refractivity contribution in [2.45, 2.75) is 0 Å². The van der Waals surface area contributed by atoms with Crippen molar-refractivity contribution in [1.29, 1.82) is 0 Å². The molecule has 74 valence electrons. The SMILES string of the molecule is C=C(C(=O)O)c1ccc(C(=O)OC)o1. The number of carboxylic acids is 1. The lowest BCUT2D eigenvalue weighted by atomic mass is 10.2. The Morgan fingerprint density at radius 1 is 1.43 bits per heavy atom. The predicted octanol–water partition coefficient (Wildman–Crippen LogP) is 1.16. The van der Waals surface area contributed by atoms with Gasteiger partial charge >= 0.3 is 11.9 Å². The minimum absolute atomic E-state index is 0.0397. The molecule has 0 aromatic carbocycles. The summed E-state index contributed by atoms with van der Waals surface area (Å²) in [5.74, 6) is -1.87. The molecule has 0 unspecified atom stereocenters. The molecule has 0 saturated carbocycles. The fraction of sp³-hybridized carbons (Fsp3) is 0.111. The van der Waals surface area contributed by atoms with Crippen LogP contribution in [0.5, 0.6) is 0 Å². The normalized spacial score (nSPS) is 9.50. The highest BCUT2D eigenvalue weighted by atomic mass is 16.5. The number of ether oxygens (including phenoxy) is 1. The highest BCUT2D eigenvalue weighted by Crippen LogP contribution is 2.16. The van der Waals surface area contributed by atoms with Gasteiger partial charge in [0.15, 0.2) is 0 Å². The standard InChI is InChI=1S/C9H8O5/c1-5(8(10)11)6-3-4-7(14-6)9(12)13-2/h3-4H,1H2,2H3,(H,10,11). The van der Waals surface area contributed by atoms with Crippen LogP contribution in [-0.4, -0.2) is 24.2 Å². The van der Waals surface area contributed by atoms with Gasteiger partial charge in [0.05, 0.1) is 12.7 Å². The Hall–Kier alpha value is -2.04. The number of carbonyl (C=O) groups excluding carboxylic acids is 1. The van der Waals surface area contributed by atoms with Crippen LogP contribution in [-0.2, 0) is 9.53 Å². The van der Waals surface area contributed by atoms with Crippen molar-refractivity contribution in [3.8, 4) is 0 Å². The number of carbonyl (C=O) groups is 2. The second-order valence-electron chi connectivity index (χ2n) is 2.44. The number of carboxylic acid groups (broad SMARTS) is 1. The number of esters is 1. The highest BCUT2D eigenvalue weighted by molar-refractivity contribution is 6.13. The molecule has 1 heterocycles. The Bertz CT molecular complexity index is 388. The third-order valence-corrected chi connectivity index (χ3v) is 1.55. The Labute approximate surface area is 79.6 Å². The van der Waals surface area contributed by atoms with Gasteiger partial charge in [0.1, 0.15) is 5.76 Å². The van der Waals surface area contributed by atoms with Gasteiger partial charge in [0, 0.05) is 0 Å². The molecule has 1 aromatic heterocycles. The number of aliphatic carboxylic acids is 1. The van der Waals surface area contributed by atoms with E-state index in [2.05, 4.69) is 11.3 Å². The topological polar surface area (TPSA) is 76.7 Å². The molecule has 0 spiro atoms. The summed E-state index contributed by atoms with van der Waals surface area (Å²) in [7, 11) is 1.20. The van der Waals surface area contributed by atoms with Crippen molar-refractivity contribution in [1.82, 2.24) is 0 Å². The van der Waals surface area contributed by atoms with E-state index in [1.165, 1.54) is 19.2 Å². The molecule has 0 aliphatic heterocycles. The van der Waals surface area contributed by atoms with E-state index in [1.54, 1.807) is 0 Å². The molecule has 0 radical (unpaired) electrons. The zero-order valence-electron chi connectivity index (χ0n) is 7.44. The van der Waals surface area contributed by atoms with Crippen LogP contribution < -0.4 is 0 Å². The van der Waals surface area contributed by atoms with Crippen LogP contribution in [0.25, 0.3) is 5.57 Å². The van der Waals surface area contributed by atoms with E-state index in [1.807, 2.05) is 0 Å². The summed E-state index contributed by atoms with van der Waals surface area (Å²) in [5.41, 5.74) is -0.208. The van der Waals surface area contributed by atoms with Gasteiger partial charge in [-0.3, -0.25) is 0 Å². The molecule has 5 heteroatoms. The maximum absolute atomic E-state index is 10.9. The van der Waals surface area contributed by atoms with E-state index in [4.69, 9.17) is 9.52 Å². The average Bonchev–Trinajstić information content (AvgIpc) is 2.64. The second kappa shape index (κ2) is 3.78. The highest BCUT2D eigenvalue weighted by Gasteiger charge is 2.15. The quantitative estimate of drug-likeness (QED) is 0.579. The van der Waals surface area contributed by atoms with Crippen molar-refractivity contribution in [2.24, 2.45) is 0 Å². The largest absolute Gasteiger partial charge is 0.478 e. The summed E-state index contributed by atoms with van der Waals surface area (Å²) in [6, 6.07) is 2.68.